The van der Waals surface area contributed by atoms with Crippen LogP contribution >= 0.6 is 27.5 Å². The van der Waals surface area contributed by atoms with E-state index in [-0.39, 0.29) is 18.1 Å². The highest BCUT2D eigenvalue weighted by Gasteiger charge is 2.22. The lowest BCUT2D eigenvalue weighted by atomic mass is 9.88. The molecule has 0 amide bonds. The van der Waals surface area contributed by atoms with Gasteiger partial charge in [0.05, 0.1) is 24.2 Å². The van der Waals surface area contributed by atoms with E-state index in [1.54, 1.807) is 24.3 Å². The smallest absolute Gasteiger partial charge is 0.343 e. The van der Waals surface area contributed by atoms with Gasteiger partial charge in [-0.15, -0.1) is 0 Å². The van der Waals surface area contributed by atoms with Crippen LogP contribution in [0.15, 0.2) is 50.8 Å². The second kappa shape index (κ2) is 10.5. The van der Waals surface area contributed by atoms with Crippen molar-refractivity contribution < 1.29 is 14.3 Å². The van der Waals surface area contributed by atoms with Crippen LogP contribution in [0.3, 0.4) is 0 Å². The van der Waals surface area contributed by atoms with E-state index in [0.29, 0.717) is 33.1 Å². The number of aromatic nitrogens is 2. The third-order valence-electron chi connectivity index (χ3n) is 5.66. The number of fused-ring (bicyclic) bond motifs is 1. The molecule has 0 spiro atoms. The molecule has 9 heteroatoms. The summed E-state index contributed by atoms with van der Waals surface area (Å²) in [7, 11) is 1.29. The Hall–Kier alpha value is -2.71. The number of hydrogen-bond acceptors (Lipinski definition) is 6. The van der Waals surface area contributed by atoms with E-state index in [9.17, 15) is 9.59 Å². The average Bonchev–Trinajstić information content (AvgIpc) is 2.83. The third-order valence-corrected chi connectivity index (χ3v) is 6.39. The van der Waals surface area contributed by atoms with Crippen molar-refractivity contribution in [1.82, 2.24) is 9.66 Å². The van der Waals surface area contributed by atoms with E-state index in [1.165, 1.54) is 24.4 Å². The quantitative estimate of drug-likeness (QED) is 0.318. The van der Waals surface area contributed by atoms with E-state index in [0.717, 1.165) is 30.2 Å². The molecule has 1 fully saturated rings. The number of methoxy groups -OCH3 is 1. The molecule has 1 aliphatic carbocycles. The van der Waals surface area contributed by atoms with Crippen LogP contribution in [0.25, 0.3) is 10.9 Å². The molecule has 0 bridgehead atoms. The van der Waals surface area contributed by atoms with Crippen LogP contribution in [0, 0.1) is 0 Å². The fourth-order valence-corrected chi connectivity index (χ4v) is 4.51. The van der Waals surface area contributed by atoms with Crippen LogP contribution in [0.4, 0.5) is 0 Å². The van der Waals surface area contributed by atoms with Crippen LogP contribution in [0.1, 0.15) is 49.4 Å². The Morgan fingerprint density at radius 1 is 1.24 bits per heavy atom. The van der Waals surface area contributed by atoms with Crippen molar-refractivity contribution in [2.24, 2.45) is 5.10 Å². The molecule has 0 aliphatic heterocycles. The largest absolute Gasteiger partial charge is 0.481 e. The van der Waals surface area contributed by atoms with Crippen LogP contribution in [-0.2, 0) is 9.53 Å². The maximum atomic E-state index is 13.4. The molecular weight excluding hydrogens is 510 g/mol. The molecule has 1 heterocycles. The van der Waals surface area contributed by atoms with Gasteiger partial charge in [0.1, 0.15) is 11.6 Å². The number of ether oxygens (including phenoxy) is 2. The summed E-state index contributed by atoms with van der Waals surface area (Å²) < 4.78 is 12.4. The Labute approximate surface area is 204 Å². The van der Waals surface area contributed by atoms with Gasteiger partial charge in [-0.3, -0.25) is 4.79 Å². The number of nitrogens with zero attached hydrogens (tertiary/aromatic N) is 3. The van der Waals surface area contributed by atoms with Crippen molar-refractivity contribution in [3.63, 3.8) is 0 Å². The van der Waals surface area contributed by atoms with Gasteiger partial charge in [0.2, 0.25) is 0 Å². The highest BCUT2D eigenvalue weighted by atomic mass is 79.9. The predicted octanol–water partition coefficient (Wildman–Crippen LogP) is 5.29. The van der Waals surface area contributed by atoms with Crippen LogP contribution in [0.2, 0.25) is 5.02 Å². The first-order valence-electron chi connectivity index (χ1n) is 10.7. The van der Waals surface area contributed by atoms with Gasteiger partial charge in [-0.05, 0) is 49.2 Å². The maximum absolute atomic E-state index is 13.4. The molecule has 0 atom stereocenters. The molecule has 1 aromatic heterocycles. The van der Waals surface area contributed by atoms with Gasteiger partial charge in [0.15, 0.2) is 6.61 Å². The highest BCUT2D eigenvalue weighted by molar-refractivity contribution is 9.10. The SMILES string of the molecule is COC(=O)COc1ccc(Cl)cc1C=Nn1c(C2CCCCC2)nc2ccc(Br)cc2c1=O. The fraction of sp³-hybridized carbons (Fsp3) is 0.333. The number of rotatable bonds is 6. The summed E-state index contributed by atoms with van der Waals surface area (Å²) in [4.78, 5) is 29.8. The first-order valence-corrected chi connectivity index (χ1v) is 11.9. The Bertz CT molecular complexity index is 1270. The van der Waals surface area contributed by atoms with Gasteiger partial charge in [0.25, 0.3) is 5.56 Å². The molecule has 172 valence electrons. The number of benzene rings is 2. The monoisotopic (exact) mass is 531 g/mol. The molecular formula is C24H23BrClN3O4. The molecule has 1 saturated carbocycles. The second-order valence-corrected chi connectivity index (χ2v) is 9.23. The van der Waals surface area contributed by atoms with Crippen molar-refractivity contribution in [3.8, 4) is 5.75 Å². The molecule has 0 saturated heterocycles. The van der Waals surface area contributed by atoms with E-state index in [1.807, 2.05) is 12.1 Å². The summed E-state index contributed by atoms with van der Waals surface area (Å²) in [6.07, 6.45) is 6.83. The van der Waals surface area contributed by atoms with Gasteiger partial charge in [-0.2, -0.15) is 9.78 Å². The van der Waals surface area contributed by atoms with E-state index < -0.39 is 5.97 Å². The fourth-order valence-electron chi connectivity index (χ4n) is 3.97. The summed E-state index contributed by atoms with van der Waals surface area (Å²) in [5.74, 6) is 0.709. The first kappa shape index (κ1) is 23.4. The molecule has 3 aromatic rings. The van der Waals surface area contributed by atoms with Crippen molar-refractivity contribution in [2.45, 2.75) is 38.0 Å². The summed E-state index contributed by atoms with van der Waals surface area (Å²) in [6, 6.07) is 10.4. The first-order chi connectivity index (χ1) is 16.0. The summed E-state index contributed by atoms with van der Waals surface area (Å²) in [6.45, 7) is -0.252. The molecule has 0 unspecified atom stereocenters. The third kappa shape index (κ3) is 5.45. The van der Waals surface area contributed by atoms with Crippen molar-refractivity contribution in [1.29, 1.82) is 0 Å². The lowest BCUT2D eigenvalue weighted by Crippen LogP contribution is -2.25. The molecule has 2 aromatic carbocycles. The minimum Gasteiger partial charge on any atom is -0.481 e. The molecule has 0 radical (unpaired) electrons. The number of carbonyl (C=O) groups is 1. The molecule has 4 rings (SSSR count). The van der Waals surface area contributed by atoms with Gasteiger partial charge in [-0.25, -0.2) is 9.78 Å². The van der Waals surface area contributed by atoms with Crippen molar-refractivity contribution in [3.05, 3.63) is 67.6 Å². The lowest BCUT2D eigenvalue weighted by Gasteiger charge is -2.22. The van der Waals surface area contributed by atoms with E-state index in [2.05, 4.69) is 25.8 Å². The molecule has 7 nitrogen and oxygen atoms in total. The number of carbonyl (C=O) groups excluding carboxylic acids is 1. The minimum absolute atomic E-state index is 0.158. The van der Waals surface area contributed by atoms with Crippen LogP contribution < -0.4 is 10.3 Å². The zero-order valence-electron chi connectivity index (χ0n) is 18.1. The summed E-state index contributed by atoms with van der Waals surface area (Å²) in [5.41, 5.74) is 0.944. The zero-order valence-corrected chi connectivity index (χ0v) is 20.4. The van der Waals surface area contributed by atoms with Gasteiger partial charge < -0.3 is 9.47 Å². The zero-order chi connectivity index (χ0) is 23.4. The maximum Gasteiger partial charge on any atom is 0.343 e. The minimum atomic E-state index is -0.507. The summed E-state index contributed by atoms with van der Waals surface area (Å²) in [5, 5.41) is 5.48. The van der Waals surface area contributed by atoms with E-state index >= 15 is 0 Å². The van der Waals surface area contributed by atoms with Crippen molar-refractivity contribution >= 4 is 50.6 Å². The standard InChI is InChI=1S/C24H23BrClN3O4/c1-32-22(30)14-33-21-10-8-18(26)11-16(21)13-27-29-23(15-5-3-2-4-6-15)28-20-9-7-17(25)12-19(20)24(29)31/h7-13,15H,2-6,14H2,1H3. The predicted molar refractivity (Wildman–Crippen MR) is 131 cm³/mol. The Balaban J connectivity index is 1.79. The Kier molecular flexibility index (Phi) is 7.45. The Morgan fingerprint density at radius 3 is 2.79 bits per heavy atom. The van der Waals surface area contributed by atoms with E-state index in [4.69, 9.17) is 21.3 Å². The lowest BCUT2D eigenvalue weighted by molar-refractivity contribution is -0.142. The van der Waals surface area contributed by atoms with Gasteiger partial charge in [0, 0.05) is 21.0 Å². The number of hydrogen-bond donors (Lipinski definition) is 0. The highest BCUT2D eigenvalue weighted by Crippen LogP contribution is 2.32. The molecule has 0 N–H and O–H groups in total. The number of esters is 1. The topological polar surface area (TPSA) is 82.8 Å². The summed E-state index contributed by atoms with van der Waals surface area (Å²) >= 11 is 9.60. The van der Waals surface area contributed by atoms with Crippen molar-refractivity contribution in [2.75, 3.05) is 13.7 Å². The Morgan fingerprint density at radius 2 is 2.03 bits per heavy atom. The second-order valence-electron chi connectivity index (χ2n) is 7.87. The molecule has 33 heavy (non-hydrogen) atoms. The number of halogens is 2. The average molecular weight is 533 g/mol. The van der Waals surface area contributed by atoms with Crippen LogP contribution in [-0.4, -0.2) is 35.6 Å². The van der Waals surface area contributed by atoms with Gasteiger partial charge in [-0.1, -0.05) is 46.8 Å². The normalized spacial score (nSPS) is 14.6. The van der Waals surface area contributed by atoms with Gasteiger partial charge >= 0.3 is 5.97 Å². The molecule has 1 aliphatic rings. The van der Waals surface area contributed by atoms with Crippen LogP contribution in [0.5, 0.6) is 5.75 Å².